The van der Waals surface area contributed by atoms with Crippen molar-refractivity contribution < 1.29 is 4.92 Å². The van der Waals surface area contributed by atoms with Crippen LogP contribution < -0.4 is 0 Å². The second kappa shape index (κ2) is 6.88. The summed E-state index contributed by atoms with van der Waals surface area (Å²) < 4.78 is 2.04. The lowest BCUT2D eigenvalue weighted by Crippen LogP contribution is -1.96. The highest BCUT2D eigenvalue weighted by molar-refractivity contribution is 5.82. The van der Waals surface area contributed by atoms with Gasteiger partial charge in [-0.3, -0.25) is 10.1 Å². The van der Waals surface area contributed by atoms with Crippen LogP contribution >= 0.6 is 0 Å². The Morgan fingerprint density at radius 1 is 0.778 bits per heavy atom. The molecular formula is C22H17N3O2. The first kappa shape index (κ1) is 16.7. The second-order valence-corrected chi connectivity index (χ2v) is 6.23. The van der Waals surface area contributed by atoms with Crippen molar-refractivity contribution in [3.63, 3.8) is 0 Å². The van der Waals surface area contributed by atoms with Gasteiger partial charge in [0.1, 0.15) is 5.82 Å². The number of aromatic nitrogens is 2. The van der Waals surface area contributed by atoms with E-state index in [4.69, 9.17) is 4.98 Å². The zero-order valence-electron chi connectivity index (χ0n) is 14.7. The molecule has 4 rings (SSSR count). The molecule has 0 aliphatic rings. The highest BCUT2D eigenvalue weighted by Crippen LogP contribution is 2.35. The number of hydrogen-bond acceptors (Lipinski definition) is 3. The largest absolute Gasteiger partial charge is 0.327 e. The van der Waals surface area contributed by atoms with Gasteiger partial charge in [-0.2, -0.15) is 0 Å². The summed E-state index contributed by atoms with van der Waals surface area (Å²) >= 11 is 0. The maximum absolute atomic E-state index is 10.9. The molecule has 132 valence electrons. The van der Waals surface area contributed by atoms with E-state index in [-0.39, 0.29) is 5.69 Å². The van der Waals surface area contributed by atoms with Gasteiger partial charge in [-0.1, -0.05) is 60.7 Å². The van der Waals surface area contributed by atoms with Crippen LogP contribution in [0.25, 0.3) is 33.9 Å². The monoisotopic (exact) mass is 355 g/mol. The van der Waals surface area contributed by atoms with Crippen molar-refractivity contribution in [1.29, 1.82) is 0 Å². The normalized spacial score (nSPS) is 10.7. The molecule has 5 heteroatoms. The van der Waals surface area contributed by atoms with Gasteiger partial charge in [0.05, 0.1) is 16.3 Å². The molecule has 0 fully saturated rings. The molecule has 1 aromatic heterocycles. The number of non-ortho nitro benzene ring substituents is 1. The summed E-state index contributed by atoms with van der Waals surface area (Å²) in [5.41, 5.74) is 4.90. The standard InChI is InChI=1S/C22H17N3O2/c1-24-21(17-10-6-3-7-11-17)20(16-8-4-2-5-9-16)23-22(24)18-12-14-19(15-13-18)25(26)27/h2-15H,1H3. The van der Waals surface area contributed by atoms with Gasteiger partial charge in [-0.15, -0.1) is 0 Å². The molecule has 0 N–H and O–H groups in total. The number of benzene rings is 3. The first-order valence-corrected chi connectivity index (χ1v) is 8.57. The Bertz CT molecular complexity index is 1090. The molecule has 0 amide bonds. The molecule has 0 unspecified atom stereocenters. The second-order valence-electron chi connectivity index (χ2n) is 6.23. The van der Waals surface area contributed by atoms with E-state index in [1.807, 2.05) is 60.1 Å². The average Bonchev–Trinajstić information content (AvgIpc) is 3.06. The topological polar surface area (TPSA) is 61.0 Å². The molecule has 0 saturated carbocycles. The molecule has 5 nitrogen and oxygen atoms in total. The van der Waals surface area contributed by atoms with Gasteiger partial charge < -0.3 is 4.57 Å². The quantitative estimate of drug-likeness (QED) is 0.367. The Labute approximate surface area is 156 Å². The van der Waals surface area contributed by atoms with Crippen LogP contribution in [0.1, 0.15) is 0 Å². The fourth-order valence-corrected chi connectivity index (χ4v) is 3.21. The van der Waals surface area contributed by atoms with E-state index in [0.29, 0.717) is 0 Å². The summed E-state index contributed by atoms with van der Waals surface area (Å²) in [4.78, 5) is 15.4. The molecule has 4 aromatic rings. The van der Waals surface area contributed by atoms with Crippen molar-refractivity contribution in [2.24, 2.45) is 7.05 Å². The minimum atomic E-state index is -0.396. The van der Waals surface area contributed by atoms with Crippen LogP contribution in [0.3, 0.4) is 0 Å². The highest BCUT2D eigenvalue weighted by atomic mass is 16.6. The minimum Gasteiger partial charge on any atom is -0.327 e. The fourth-order valence-electron chi connectivity index (χ4n) is 3.21. The maximum atomic E-state index is 10.9. The van der Waals surface area contributed by atoms with Crippen LogP contribution in [0, 0.1) is 10.1 Å². The van der Waals surface area contributed by atoms with Gasteiger partial charge in [0.15, 0.2) is 0 Å². The fraction of sp³-hybridized carbons (Fsp3) is 0.0455. The van der Waals surface area contributed by atoms with E-state index in [0.717, 1.165) is 33.9 Å². The maximum Gasteiger partial charge on any atom is 0.269 e. The first-order valence-electron chi connectivity index (χ1n) is 8.57. The molecule has 3 aromatic carbocycles. The first-order chi connectivity index (χ1) is 13.1. The molecule has 1 heterocycles. The number of nitro benzene ring substituents is 1. The van der Waals surface area contributed by atoms with Gasteiger partial charge in [-0.25, -0.2) is 4.98 Å². The van der Waals surface area contributed by atoms with Gasteiger partial charge in [-0.05, 0) is 12.1 Å². The van der Waals surface area contributed by atoms with Crippen LogP contribution in [-0.4, -0.2) is 14.5 Å². The summed E-state index contributed by atoms with van der Waals surface area (Å²) in [6, 6.07) is 26.6. The Hall–Kier alpha value is -3.73. The van der Waals surface area contributed by atoms with Crippen molar-refractivity contribution in [1.82, 2.24) is 9.55 Å². The highest BCUT2D eigenvalue weighted by Gasteiger charge is 2.19. The van der Waals surface area contributed by atoms with E-state index in [9.17, 15) is 10.1 Å². The van der Waals surface area contributed by atoms with Crippen molar-refractivity contribution in [2.45, 2.75) is 0 Å². The third kappa shape index (κ3) is 3.11. The SMILES string of the molecule is Cn1c(-c2ccc([N+](=O)[O-])cc2)nc(-c2ccccc2)c1-c1ccccc1. The summed E-state index contributed by atoms with van der Waals surface area (Å²) in [5, 5.41) is 10.9. The summed E-state index contributed by atoms with van der Waals surface area (Å²) in [6.07, 6.45) is 0. The van der Waals surface area contributed by atoms with Crippen LogP contribution in [0.2, 0.25) is 0 Å². The Morgan fingerprint density at radius 2 is 1.33 bits per heavy atom. The molecular weight excluding hydrogens is 338 g/mol. The van der Waals surface area contributed by atoms with Crippen LogP contribution in [0.4, 0.5) is 5.69 Å². The van der Waals surface area contributed by atoms with Gasteiger partial charge >= 0.3 is 0 Å². The smallest absolute Gasteiger partial charge is 0.269 e. The zero-order chi connectivity index (χ0) is 18.8. The lowest BCUT2D eigenvalue weighted by molar-refractivity contribution is -0.384. The van der Waals surface area contributed by atoms with E-state index >= 15 is 0 Å². The predicted molar refractivity (Wildman–Crippen MR) is 106 cm³/mol. The Kier molecular flexibility index (Phi) is 4.26. The molecule has 0 aliphatic carbocycles. The summed E-state index contributed by atoms with van der Waals surface area (Å²) in [5.74, 6) is 0.766. The minimum absolute atomic E-state index is 0.0690. The van der Waals surface area contributed by atoms with Gasteiger partial charge in [0.25, 0.3) is 5.69 Å². The van der Waals surface area contributed by atoms with Crippen LogP contribution in [0.5, 0.6) is 0 Å². The number of rotatable bonds is 4. The number of nitro groups is 1. The Morgan fingerprint density at radius 3 is 1.89 bits per heavy atom. The molecule has 0 bridgehead atoms. The lowest BCUT2D eigenvalue weighted by Gasteiger charge is -2.08. The summed E-state index contributed by atoms with van der Waals surface area (Å²) in [7, 11) is 1.97. The zero-order valence-corrected chi connectivity index (χ0v) is 14.7. The number of imidazole rings is 1. The van der Waals surface area contributed by atoms with E-state index in [1.165, 1.54) is 12.1 Å². The molecule has 0 radical (unpaired) electrons. The Balaban J connectivity index is 1.92. The third-order valence-electron chi connectivity index (χ3n) is 4.53. The van der Waals surface area contributed by atoms with Crippen molar-refractivity contribution in [2.75, 3.05) is 0 Å². The number of nitrogens with zero attached hydrogens (tertiary/aromatic N) is 3. The molecule has 0 atom stereocenters. The molecule has 0 spiro atoms. The average molecular weight is 355 g/mol. The van der Waals surface area contributed by atoms with Crippen molar-refractivity contribution in [3.05, 3.63) is 95.0 Å². The lowest BCUT2D eigenvalue weighted by atomic mass is 10.1. The van der Waals surface area contributed by atoms with Gasteiger partial charge in [0.2, 0.25) is 0 Å². The van der Waals surface area contributed by atoms with E-state index in [1.54, 1.807) is 12.1 Å². The number of hydrogen-bond donors (Lipinski definition) is 0. The van der Waals surface area contributed by atoms with Crippen molar-refractivity contribution >= 4 is 5.69 Å². The van der Waals surface area contributed by atoms with E-state index in [2.05, 4.69) is 12.1 Å². The van der Waals surface area contributed by atoms with Crippen molar-refractivity contribution in [3.8, 4) is 33.9 Å². The summed E-state index contributed by atoms with van der Waals surface area (Å²) in [6.45, 7) is 0. The van der Waals surface area contributed by atoms with E-state index < -0.39 is 4.92 Å². The molecule has 27 heavy (non-hydrogen) atoms. The van der Waals surface area contributed by atoms with Gasteiger partial charge in [0, 0.05) is 35.9 Å². The van der Waals surface area contributed by atoms with Crippen LogP contribution in [0.15, 0.2) is 84.9 Å². The third-order valence-corrected chi connectivity index (χ3v) is 4.53. The molecule has 0 aliphatic heterocycles. The van der Waals surface area contributed by atoms with Crippen LogP contribution in [-0.2, 0) is 7.05 Å². The predicted octanol–water partition coefficient (Wildman–Crippen LogP) is 5.33. The molecule has 0 saturated heterocycles.